The summed E-state index contributed by atoms with van der Waals surface area (Å²) in [4.78, 5) is 2.85. The highest BCUT2D eigenvalue weighted by Crippen LogP contribution is 2.14. The zero-order valence-electron chi connectivity index (χ0n) is 18.8. The third-order valence-corrected chi connectivity index (χ3v) is 5.35. The lowest BCUT2D eigenvalue weighted by Crippen LogP contribution is -2.28. The first kappa shape index (κ1) is 26.2. The van der Waals surface area contributed by atoms with Crippen LogP contribution in [0.3, 0.4) is 0 Å². The van der Waals surface area contributed by atoms with Crippen LogP contribution in [0, 0.1) is 0 Å². The first-order valence-electron chi connectivity index (χ1n) is 11.8. The zero-order chi connectivity index (χ0) is 21.7. The predicted octanol–water partition coefficient (Wildman–Crippen LogP) is 7.50. The molecule has 0 aliphatic carbocycles. The highest BCUT2D eigenvalue weighted by atomic mass is 16.5. The van der Waals surface area contributed by atoms with Crippen molar-refractivity contribution in [2.75, 3.05) is 6.61 Å². The van der Waals surface area contributed by atoms with Gasteiger partial charge in [0.2, 0.25) is 0 Å². The Morgan fingerprint density at radius 3 is 2.13 bits per heavy atom. The molecule has 0 unspecified atom stereocenters. The molecule has 0 aliphatic rings. The third kappa shape index (κ3) is 13.4. The van der Waals surface area contributed by atoms with Crippen molar-refractivity contribution in [1.82, 2.24) is 0 Å². The number of unbranched alkanes of at least 4 members (excludes halogenated alkanes) is 11. The summed E-state index contributed by atoms with van der Waals surface area (Å²) in [5.41, 5.74) is 9.81. The summed E-state index contributed by atoms with van der Waals surface area (Å²) in [6.07, 6.45) is 19.3. The maximum Gasteiger partial charge on any atom is 0.0903 e. The Balaban J connectivity index is 2.23. The molecule has 0 saturated carbocycles. The van der Waals surface area contributed by atoms with E-state index >= 15 is 0 Å². The topological polar surface area (TPSA) is 78.2 Å². The number of allylic oxidation sites excluding steroid dienone is 1. The lowest BCUT2D eigenvalue weighted by molar-refractivity contribution is 0.0403. The highest BCUT2D eigenvalue weighted by molar-refractivity contribution is 5.13. The minimum Gasteiger partial charge on any atom is -0.396 e. The van der Waals surface area contributed by atoms with Crippen molar-refractivity contribution in [3.8, 4) is 0 Å². The molecule has 0 heterocycles. The summed E-state index contributed by atoms with van der Waals surface area (Å²) in [5.74, 6) is 0. The van der Waals surface area contributed by atoms with Crippen LogP contribution in [0.1, 0.15) is 89.5 Å². The zero-order valence-corrected chi connectivity index (χ0v) is 18.8. The molecular weight excluding hydrogens is 374 g/mol. The van der Waals surface area contributed by atoms with Gasteiger partial charge >= 0.3 is 0 Å². The number of ether oxygens (including phenoxy) is 1. The molecule has 168 valence electrons. The van der Waals surface area contributed by atoms with Crippen LogP contribution in [0.5, 0.6) is 0 Å². The van der Waals surface area contributed by atoms with Gasteiger partial charge in [0.25, 0.3) is 0 Å². The van der Waals surface area contributed by atoms with Crippen LogP contribution in [-0.4, -0.2) is 23.9 Å². The molecule has 5 nitrogen and oxygen atoms in total. The van der Waals surface area contributed by atoms with E-state index in [0.717, 1.165) is 18.4 Å². The van der Waals surface area contributed by atoms with E-state index in [-0.39, 0.29) is 6.61 Å². The number of rotatable bonds is 19. The molecule has 1 rings (SSSR count). The van der Waals surface area contributed by atoms with Crippen molar-refractivity contribution >= 4 is 0 Å². The largest absolute Gasteiger partial charge is 0.396 e. The molecule has 0 fully saturated rings. The molecule has 5 heteroatoms. The molecule has 0 radical (unpaired) electrons. The average Bonchev–Trinajstić information content (AvgIpc) is 2.78. The first-order chi connectivity index (χ1) is 14.8. The van der Waals surface area contributed by atoms with E-state index in [4.69, 9.17) is 10.3 Å². The Bertz CT molecular complexity index is 585. The summed E-state index contributed by atoms with van der Waals surface area (Å²) in [5, 5.41) is 13.2. The fourth-order valence-corrected chi connectivity index (χ4v) is 3.49. The summed E-state index contributed by atoms with van der Waals surface area (Å²) in [6, 6.07) is 9.28. The maximum absolute atomic E-state index is 9.55. The molecule has 0 saturated heterocycles. The van der Waals surface area contributed by atoms with Gasteiger partial charge in [-0.15, -0.1) is 0 Å². The Morgan fingerprint density at radius 1 is 0.967 bits per heavy atom. The Kier molecular flexibility index (Phi) is 16.8. The van der Waals surface area contributed by atoms with E-state index in [0.29, 0.717) is 6.61 Å². The Labute approximate surface area is 183 Å². The Morgan fingerprint density at radius 2 is 1.57 bits per heavy atom. The van der Waals surface area contributed by atoms with Crippen molar-refractivity contribution in [2.45, 2.75) is 103 Å². The fraction of sp³-hybridized carbons (Fsp3) is 0.680. The molecule has 1 aromatic carbocycles. The molecule has 1 aromatic rings. The van der Waals surface area contributed by atoms with Crippen molar-refractivity contribution in [2.24, 2.45) is 5.11 Å². The van der Waals surface area contributed by atoms with Crippen LogP contribution in [0.4, 0.5) is 0 Å². The molecule has 0 spiro atoms. The number of nitrogens with zero attached hydrogens (tertiary/aromatic N) is 3. The molecule has 0 amide bonds. The van der Waals surface area contributed by atoms with Gasteiger partial charge in [-0.05, 0) is 23.9 Å². The number of aliphatic hydroxyl groups is 1. The van der Waals surface area contributed by atoms with Gasteiger partial charge in [0, 0.05) is 4.91 Å². The minimum absolute atomic E-state index is 0.230. The predicted molar refractivity (Wildman–Crippen MR) is 125 cm³/mol. The third-order valence-electron chi connectivity index (χ3n) is 5.35. The molecule has 0 bridgehead atoms. The van der Waals surface area contributed by atoms with Crippen LogP contribution in [0.25, 0.3) is 10.4 Å². The standard InChI is InChI=1S/C25H41N3O2/c1-2-3-4-5-6-7-8-9-10-11-12-13-17-20-25(24(21-29)27-28-26)30-22-23-18-15-14-16-19-23/h14-20,24-25,29H,2-13,21-22H2,1H3/b20-17+/t24-,25+/m0/s1. The van der Waals surface area contributed by atoms with Gasteiger partial charge in [-0.2, -0.15) is 0 Å². The van der Waals surface area contributed by atoms with E-state index in [2.05, 4.69) is 23.0 Å². The lowest BCUT2D eigenvalue weighted by atomic mass is 10.0. The molecule has 2 atom stereocenters. The second kappa shape index (κ2) is 19.2. The number of azide groups is 1. The summed E-state index contributed by atoms with van der Waals surface area (Å²) in [7, 11) is 0. The highest BCUT2D eigenvalue weighted by Gasteiger charge is 2.17. The average molecular weight is 416 g/mol. The van der Waals surface area contributed by atoms with Crippen molar-refractivity contribution in [3.05, 3.63) is 58.5 Å². The van der Waals surface area contributed by atoms with Gasteiger partial charge in [-0.3, -0.25) is 0 Å². The first-order valence-corrected chi connectivity index (χ1v) is 11.8. The van der Waals surface area contributed by atoms with Crippen LogP contribution >= 0.6 is 0 Å². The summed E-state index contributed by atoms with van der Waals surface area (Å²) in [6.45, 7) is 2.45. The normalized spacial score (nSPS) is 13.3. The smallest absolute Gasteiger partial charge is 0.0903 e. The fourth-order valence-electron chi connectivity index (χ4n) is 3.49. The summed E-state index contributed by atoms with van der Waals surface area (Å²) >= 11 is 0. The van der Waals surface area contributed by atoms with E-state index in [9.17, 15) is 5.11 Å². The van der Waals surface area contributed by atoms with Crippen molar-refractivity contribution in [1.29, 1.82) is 0 Å². The van der Waals surface area contributed by atoms with E-state index in [1.807, 2.05) is 36.4 Å². The summed E-state index contributed by atoms with van der Waals surface area (Å²) < 4.78 is 5.93. The van der Waals surface area contributed by atoms with Crippen LogP contribution < -0.4 is 0 Å². The van der Waals surface area contributed by atoms with Gasteiger partial charge < -0.3 is 9.84 Å². The number of hydrogen-bond acceptors (Lipinski definition) is 3. The van der Waals surface area contributed by atoms with Gasteiger partial charge in [-0.25, -0.2) is 0 Å². The van der Waals surface area contributed by atoms with E-state index in [1.54, 1.807) is 0 Å². The lowest BCUT2D eigenvalue weighted by Gasteiger charge is -2.19. The SMILES string of the molecule is CCCCCCCCCCCCC/C=C/[C@@H](OCc1ccccc1)[C@H](CO)N=[N+]=[N-]. The monoisotopic (exact) mass is 415 g/mol. The molecular formula is C25H41N3O2. The number of hydrogen-bond donors (Lipinski definition) is 1. The van der Waals surface area contributed by atoms with Crippen molar-refractivity contribution < 1.29 is 9.84 Å². The van der Waals surface area contributed by atoms with Gasteiger partial charge in [0.15, 0.2) is 0 Å². The van der Waals surface area contributed by atoms with Gasteiger partial charge in [0.05, 0.1) is 25.4 Å². The minimum atomic E-state index is -0.604. The van der Waals surface area contributed by atoms with Crippen LogP contribution in [0.15, 0.2) is 47.6 Å². The second-order valence-corrected chi connectivity index (χ2v) is 7.97. The molecule has 0 aromatic heterocycles. The van der Waals surface area contributed by atoms with Crippen molar-refractivity contribution in [3.63, 3.8) is 0 Å². The second-order valence-electron chi connectivity index (χ2n) is 7.97. The van der Waals surface area contributed by atoms with E-state index < -0.39 is 12.1 Å². The van der Waals surface area contributed by atoms with Gasteiger partial charge in [0.1, 0.15) is 0 Å². The van der Waals surface area contributed by atoms with Crippen LogP contribution in [-0.2, 0) is 11.3 Å². The maximum atomic E-state index is 9.55. The van der Waals surface area contributed by atoms with E-state index in [1.165, 1.54) is 64.2 Å². The molecule has 30 heavy (non-hydrogen) atoms. The van der Waals surface area contributed by atoms with Crippen LogP contribution in [0.2, 0.25) is 0 Å². The number of aliphatic hydroxyl groups excluding tert-OH is 1. The molecule has 0 aliphatic heterocycles. The quantitative estimate of drug-likeness (QED) is 0.0834. The Hall–Kier alpha value is -1.81. The molecule has 1 N–H and O–H groups in total. The number of benzene rings is 1. The van der Waals surface area contributed by atoms with Gasteiger partial charge in [-0.1, -0.05) is 119 Å².